The molecule has 0 unspecified atom stereocenters. The highest BCUT2D eigenvalue weighted by atomic mass is 32.2. The zero-order chi connectivity index (χ0) is 16.2. The fourth-order valence-electron chi connectivity index (χ4n) is 2.13. The summed E-state index contributed by atoms with van der Waals surface area (Å²) in [4.78, 5) is 22.2. The molecule has 1 saturated heterocycles. The van der Waals surface area contributed by atoms with Crippen molar-refractivity contribution in [2.45, 2.75) is 0 Å². The Kier molecular flexibility index (Phi) is 4.34. The van der Waals surface area contributed by atoms with Gasteiger partial charge in [0.1, 0.15) is 5.75 Å². The lowest BCUT2D eigenvalue weighted by Gasteiger charge is -2.12. The van der Waals surface area contributed by atoms with Crippen molar-refractivity contribution in [1.82, 2.24) is 9.88 Å². The second-order valence-corrected chi connectivity index (χ2v) is 5.86. The molecule has 1 fully saturated rings. The molecule has 0 bridgehead atoms. The van der Waals surface area contributed by atoms with Crippen LogP contribution < -0.4 is 0 Å². The Bertz CT molecular complexity index is 794. The van der Waals surface area contributed by atoms with Crippen molar-refractivity contribution in [3.8, 4) is 5.75 Å². The molecule has 1 aliphatic heterocycles. The number of amides is 1. The van der Waals surface area contributed by atoms with Gasteiger partial charge in [-0.2, -0.15) is 0 Å². The summed E-state index contributed by atoms with van der Waals surface area (Å²) in [6, 6.07) is 10.4. The van der Waals surface area contributed by atoms with Gasteiger partial charge >= 0.3 is 0 Å². The predicted octanol–water partition coefficient (Wildman–Crippen LogP) is 3.51. The van der Waals surface area contributed by atoms with E-state index in [0.29, 0.717) is 22.3 Å². The van der Waals surface area contributed by atoms with E-state index in [1.807, 2.05) is 12.1 Å². The highest BCUT2D eigenvalue weighted by Crippen LogP contribution is 2.34. The number of aliphatic imine (C=N–C) groups is 1. The van der Waals surface area contributed by atoms with Crippen LogP contribution in [0, 0.1) is 0 Å². The van der Waals surface area contributed by atoms with Crippen LogP contribution in [0.1, 0.15) is 5.69 Å². The molecule has 0 saturated carbocycles. The van der Waals surface area contributed by atoms with Gasteiger partial charge in [0.2, 0.25) is 0 Å². The molecule has 3 rings (SSSR count). The van der Waals surface area contributed by atoms with Crippen LogP contribution in [-0.2, 0) is 4.79 Å². The number of rotatable bonds is 4. The number of amidine groups is 1. The van der Waals surface area contributed by atoms with E-state index in [1.54, 1.807) is 47.5 Å². The smallest absolute Gasteiger partial charge is 0.267 e. The van der Waals surface area contributed by atoms with E-state index in [0.717, 1.165) is 5.69 Å². The third-order valence-corrected chi connectivity index (χ3v) is 4.17. The normalized spacial score (nSPS) is 18.1. The van der Waals surface area contributed by atoms with Crippen LogP contribution in [0.25, 0.3) is 6.08 Å². The number of aromatic hydroxyl groups is 1. The first-order chi connectivity index (χ1) is 11.2. The highest BCUT2D eigenvalue weighted by molar-refractivity contribution is 8.18. The predicted molar refractivity (Wildman–Crippen MR) is 93.5 cm³/mol. The molecular formula is C17H15N3O2S. The Morgan fingerprint density at radius 2 is 2.22 bits per heavy atom. The maximum atomic E-state index is 12.5. The van der Waals surface area contributed by atoms with Crippen LogP contribution in [-0.4, -0.2) is 32.6 Å². The number of phenolic OH excluding ortho intramolecular Hbond substituents is 1. The molecule has 6 heteroatoms. The molecule has 2 aromatic rings. The number of carbonyl (C=O) groups is 1. The summed E-state index contributed by atoms with van der Waals surface area (Å²) >= 11 is 1.30. The molecule has 1 amide bonds. The average molecular weight is 325 g/mol. The summed E-state index contributed by atoms with van der Waals surface area (Å²) in [5.74, 6) is 0.0296. The van der Waals surface area contributed by atoms with Crippen LogP contribution in [0.2, 0.25) is 0 Å². The van der Waals surface area contributed by atoms with Crippen molar-refractivity contribution >= 4 is 34.6 Å². The molecule has 0 aliphatic carbocycles. The lowest BCUT2D eigenvalue weighted by Crippen LogP contribution is -2.29. The SMILES string of the molecule is C=CCN1C(=O)/C(=C/c2ccc[nH]2)SC1=Nc1cccc(O)c1. The van der Waals surface area contributed by atoms with Crippen molar-refractivity contribution in [2.75, 3.05) is 6.54 Å². The van der Waals surface area contributed by atoms with E-state index in [1.165, 1.54) is 11.8 Å². The van der Waals surface area contributed by atoms with E-state index in [9.17, 15) is 9.90 Å². The van der Waals surface area contributed by atoms with Crippen LogP contribution >= 0.6 is 11.8 Å². The third kappa shape index (κ3) is 3.37. The van der Waals surface area contributed by atoms with Gasteiger partial charge in [0.25, 0.3) is 5.91 Å². The van der Waals surface area contributed by atoms with Gasteiger partial charge < -0.3 is 10.1 Å². The van der Waals surface area contributed by atoms with Gasteiger partial charge in [-0.1, -0.05) is 12.1 Å². The number of phenols is 1. The lowest BCUT2D eigenvalue weighted by molar-refractivity contribution is -0.121. The number of hydrogen-bond donors (Lipinski definition) is 2. The number of H-pyrrole nitrogens is 1. The summed E-state index contributed by atoms with van der Waals surface area (Å²) < 4.78 is 0. The first-order valence-corrected chi connectivity index (χ1v) is 7.82. The first-order valence-electron chi connectivity index (χ1n) is 7.01. The molecule has 5 nitrogen and oxygen atoms in total. The van der Waals surface area contributed by atoms with E-state index in [-0.39, 0.29) is 11.7 Å². The number of nitrogens with zero attached hydrogens (tertiary/aromatic N) is 2. The van der Waals surface area contributed by atoms with Crippen molar-refractivity contribution in [1.29, 1.82) is 0 Å². The number of nitrogens with one attached hydrogen (secondary N) is 1. The number of aromatic amines is 1. The Morgan fingerprint density at radius 1 is 1.35 bits per heavy atom. The van der Waals surface area contributed by atoms with Gasteiger partial charge in [0.15, 0.2) is 5.17 Å². The summed E-state index contributed by atoms with van der Waals surface area (Å²) in [6.07, 6.45) is 5.27. The summed E-state index contributed by atoms with van der Waals surface area (Å²) in [6.45, 7) is 4.07. The molecule has 1 aromatic heterocycles. The molecule has 0 atom stereocenters. The van der Waals surface area contributed by atoms with Crippen LogP contribution in [0.15, 0.2) is 65.1 Å². The Balaban J connectivity index is 1.95. The van der Waals surface area contributed by atoms with Gasteiger partial charge in [-0.25, -0.2) is 4.99 Å². The lowest BCUT2D eigenvalue weighted by atomic mass is 10.3. The fraction of sp³-hybridized carbons (Fsp3) is 0.0588. The maximum absolute atomic E-state index is 12.5. The minimum atomic E-state index is -0.108. The van der Waals surface area contributed by atoms with Gasteiger partial charge in [0.05, 0.1) is 10.6 Å². The summed E-state index contributed by atoms with van der Waals surface area (Å²) in [5.41, 5.74) is 1.45. The number of aromatic nitrogens is 1. The van der Waals surface area contributed by atoms with Crippen molar-refractivity contribution in [3.63, 3.8) is 0 Å². The van der Waals surface area contributed by atoms with E-state index >= 15 is 0 Å². The standard InChI is InChI=1S/C17H15N3O2S/c1-2-9-20-16(22)15(11-12-6-4-8-18-12)23-17(20)19-13-5-3-7-14(21)10-13/h2-8,10-11,18,21H,1,9H2/b15-11-,19-17?. The zero-order valence-corrected chi connectivity index (χ0v) is 13.1. The van der Waals surface area contributed by atoms with Gasteiger partial charge in [0, 0.05) is 24.5 Å². The minimum Gasteiger partial charge on any atom is -0.508 e. The number of thioether (sulfide) groups is 1. The second kappa shape index (κ2) is 6.58. The fourth-order valence-corrected chi connectivity index (χ4v) is 3.13. The van der Waals surface area contributed by atoms with E-state index in [4.69, 9.17) is 0 Å². The Hall–Kier alpha value is -2.73. The van der Waals surface area contributed by atoms with Gasteiger partial charge in [-0.15, -0.1) is 6.58 Å². The molecule has 0 spiro atoms. The molecule has 2 heterocycles. The van der Waals surface area contributed by atoms with Gasteiger partial charge in [-0.05, 0) is 42.1 Å². The monoisotopic (exact) mass is 325 g/mol. The largest absolute Gasteiger partial charge is 0.508 e. The van der Waals surface area contributed by atoms with E-state index in [2.05, 4.69) is 16.6 Å². The molecule has 23 heavy (non-hydrogen) atoms. The zero-order valence-electron chi connectivity index (χ0n) is 12.3. The Morgan fingerprint density at radius 3 is 2.91 bits per heavy atom. The topological polar surface area (TPSA) is 68.7 Å². The highest BCUT2D eigenvalue weighted by Gasteiger charge is 2.32. The second-order valence-electron chi connectivity index (χ2n) is 4.85. The van der Waals surface area contributed by atoms with Crippen LogP contribution in [0.4, 0.5) is 5.69 Å². The molecule has 1 aliphatic rings. The summed E-state index contributed by atoms with van der Waals surface area (Å²) in [5, 5.41) is 10.1. The molecule has 1 aromatic carbocycles. The minimum absolute atomic E-state index is 0.108. The van der Waals surface area contributed by atoms with Crippen LogP contribution in [0.5, 0.6) is 5.75 Å². The van der Waals surface area contributed by atoms with E-state index < -0.39 is 0 Å². The van der Waals surface area contributed by atoms with Gasteiger partial charge in [-0.3, -0.25) is 9.69 Å². The number of benzene rings is 1. The first kappa shape index (κ1) is 15.2. The van der Waals surface area contributed by atoms with Crippen molar-refractivity contribution in [2.24, 2.45) is 4.99 Å². The average Bonchev–Trinajstić information content (AvgIpc) is 3.12. The Labute approximate surface area is 138 Å². The third-order valence-electron chi connectivity index (χ3n) is 3.16. The molecule has 2 N–H and O–H groups in total. The number of hydrogen-bond acceptors (Lipinski definition) is 4. The van der Waals surface area contributed by atoms with Crippen molar-refractivity contribution in [3.05, 3.63) is 65.8 Å². The number of carbonyl (C=O) groups excluding carboxylic acids is 1. The summed E-state index contributed by atoms with van der Waals surface area (Å²) in [7, 11) is 0. The van der Waals surface area contributed by atoms with Crippen LogP contribution in [0.3, 0.4) is 0 Å². The molecule has 116 valence electrons. The molecular weight excluding hydrogens is 310 g/mol. The maximum Gasteiger partial charge on any atom is 0.267 e. The molecule has 0 radical (unpaired) electrons. The van der Waals surface area contributed by atoms with Crippen molar-refractivity contribution < 1.29 is 9.90 Å². The quantitative estimate of drug-likeness (QED) is 0.667.